The molecule has 1 aliphatic heterocycles. The van der Waals surface area contributed by atoms with Gasteiger partial charge in [-0.15, -0.1) is 0 Å². The van der Waals surface area contributed by atoms with E-state index in [4.69, 9.17) is 4.74 Å². The summed E-state index contributed by atoms with van der Waals surface area (Å²) in [7, 11) is 1.77. The fraction of sp³-hybridized carbons (Fsp3) is 1.00. The van der Waals surface area contributed by atoms with Gasteiger partial charge in [0, 0.05) is 13.7 Å². The third-order valence-electron chi connectivity index (χ3n) is 2.06. The van der Waals surface area contributed by atoms with Crippen molar-refractivity contribution in [2.24, 2.45) is 0 Å². The lowest BCUT2D eigenvalue weighted by atomic mass is 10.1. The highest BCUT2D eigenvalue weighted by Crippen LogP contribution is 2.07. The molecule has 2 heteroatoms. The quantitative estimate of drug-likeness (QED) is 0.673. The standard InChI is InChI=1S/C8H17NO.C3H8/c1-10-8-7-9-5-3-2-4-6-9;1-3-2/h2-8H2,1H3;3H2,1-2H3. The Balaban J connectivity index is 0.000000424. The van der Waals surface area contributed by atoms with E-state index in [2.05, 4.69) is 18.7 Å². The van der Waals surface area contributed by atoms with Gasteiger partial charge in [-0.1, -0.05) is 26.7 Å². The molecule has 13 heavy (non-hydrogen) atoms. The maximum absolute atomic E-state index is 5.00. The number of piperidine rings is 1. The average Bonchev–Trinajstić information content (AvgIpc) is 2.18. The monoisotopic (exact) mass is 187 g/mol. The van der Waals surface area contributed by atoms with Crippen LogP contribution in [0.2, 0.25) is 0 Å². The van der Waals surface area contributed by atoms with Gasteiger partial charge in [0.15, 0.2) is 0 Å². The molecule has 2 nitrogen and oxygen atoms in total. The van der Waals surface area contributed by atoms with E-state index in [0.29, 0.717) is 0 Å². The first-order valence-electron chi connectivity index (χ1n) is 5.56. The number of hydrogen-bond donors (Lipinski definition) is 0. The highest BCUT2D eigenvalue weighted by atomic mass is 16.5. The van der Waals surface area contributed by atoms with Crippen LogP contribution in [0, 0.1) is 0 Å². The summed E-state index contributed by atoms with van der Waals surface area (Å²) in [6, 6.07) is 0. The first kappa shape index (κ1) is 12.9. The highest BCUT2D eigenvalue weighted by molar-refractivity contribution is 4.63. The zero-order valence-electron chi connectivity index (χ0n) is 9.51. The Hall–Kier alpha value is -0.0800. The summed E-state index contributed by atoms with van der Waals surface area (Å²) in [6.45, 7) is 8.82. The molecule has 0 bridgehead atoms. The van der Waals surface area contributed by atoms with Crippen molar-refractivity contribution in [1.82, 2.24) is 4.90 Å². The van der Waals surface area contributed by atoms with Crippen LogP contribution in [-0.2, 0) is 4.74 Å². The van der Waals surface area contributed by atoms with Gasteiger partial charge in [-0.2, -0.15) is 0 Å². The first-order chi connectivity index (χ1) is 6.35. The summed E-state index contributed by atoms with van der Waals surface area (Å²) in [5.41, 5.74) is 0. The molecule has 0 unspecified atom stereocenters. The maximum atomic E-state index is 5.00. The zero-order chi connectivity index (χ0) is 9.94. The Morgan fingerprint density at radius 3 is 2.08 bits per heavy atom. The molecule has 0 saturated carbocycles. The third kappa shape index (κ3) is 8.26. The molecule has 80 valence electrons. The number of nitrogens with zero attached hydrogens (tertiary/aromatic N) is 1. The van der Waals surface area contributed by atoms with Crippen molar-refractivity contribution in [1.29, 1.82) is 0 Å². The van der Waals surface area contributed by atoms with Crippen LogP contribution in [0.5, 0.6) is 0 Å². The van der Waals surface area contributed by atoms with Crippen LogP contribution in [0.15, 0.2) is 0 Å². The molecule has 0 N–H and O–H groups in total. The molecule has 1 heterocycles. The maximum Gasteiger partial charge on any atom is 0.0589 e. The molecule has 0 spiro atoms. The summed E-state index contributed by atoms with van der Waals surface area (Å²) >= 11 is 0. The van der Waals surface area contributed by atoms with E-state index in [1.807, 2.05) is 0 Å². The summed E-state index contributed by atoms with van der Waals surface area (Å²) in [5.74, 6) is 0. The lowest BCUT2D eigenvalue weighted by Crippen LogP contribution is -2.32. The molecular weight excluding hydrogens is 162 g/mol. The number of ether oxygens (including phenoxy) is 1. The van der Waals surface area contributed by atoms with Crippen molar-refractivity contribution in [3.8, 4) is 0 Å². The Kier molecular flexibility index (Phi) is 9.94. The second-order valence-corrected chi connectivity index (χ2v) is 3.60. The van der Waals surface area contributed by atoms with Gasteiger partial charge in [-0.3, -0.25) is 0 Å². The van der Waals surface area contributed by atoms with Crippen molar-refractivity contribution < 1.29 is 4.74 Å². The van der Waals surface area contributed by atoms with Crippen LogP contribution in [-0.4, -0.2) is 38.3 Å². The summed E-state index contributed by atoms with van der Waals surface area (Å²) < 4.78 is 5.00. The second-order valence-electron chi connectivity index (χ2n) is 3.60. The lowest BCUT2D eigenvalue weighted by molar-refractivity contribution is 0.135. The zero-order valence-corrected chi connectivity index (χ0v) is 9.51. The summed E-state index contributed by atoms with van der Waals surface area (Å²) in [4.78, 5) is 2.48. The molecule has 1 rings (SSSR count). The van der Waals surface area contributed by atoms with E-state index in [-0.39, 0.29) is 0 Å². The van der Waals surface area contributed by atoms with E-state index in [1.54, 1.807) is 7.11 Å². The van der Waals surface area contributed by atoms with E-state index >= 15 is 0 Å². The van der Waals surface area contributed by atoms with Crippen LogP contribution in [0.4, 0.5) is 0 Å². The normalized spacial score (nSPS) is 17.8. The largest absolute Gasteiger partial charge is 0.383 e. The number of hydrogen-bond acceptors (Lipinski definition) is 2. The van der Waals surface area contributed by atoms with Crippen LogP contribution in [0.3, 0.4) is 0 Å². The smallest absolute Gasteiger partial charge is 0.0589 e. The van der Waals surface area contributed by atoms with Gasteiger partial charge in [0.25, 0.3) is 0 Å². The molecule has 0 atom stereocenters. The summed E-state index contributed by atoms with van der Waals surface area (Å²) in [6.07, 6.45) is 5.43. The van der Waals surface area contributed by atoms with E-state index in [0.717, 1.165) is 13.2 Å². The van der Waals surface area contributed by atoms with Crippen molar-refractivity contribution in [3.05, 3.63) is 0 Å². The average molecular weight is 187 g/mol. The Morgan fingerprint density at radius 1 is 1.08 bits per heavy atom. The van der Waals surface area contributed by atoms with E-state index < -0.39 is 0 Å². The predicted molar refractivity (Wildman–Crippen MR) is 58.1 cm³/mol. The predicted octanol–water partition coefficient (Wildman–Crippen LogP) is 2.54. The molecule has 0 amide bonds. The Morgan fingerprint density at radius 2 is 1.62 bits per heavy atom. The molecule has 1 aliphatic rings. The number of rotatable bonds is 3. The van der Waals surface area contributed by atoms with Crippen molar-refractivity contribution in [3.63, 3.8) is 0 Å². The highest BCUT2D eigenvalue weighted by Gasteiger charge is 2.08. The number of likely N-dealkylation sites (tertiary alicyclic amines) is 1. The molecular formula is C11H25NO. The van der Waals surface area contributed by atoms with Crippen LogP contribution in [0.1, 0.15) is 39.5 Å². The van der Waals surface area contributed by atoms with Crippen molar-refractivity contribution in [2.75, 3.05) is 33.4 Å². The van der Waals surface area contributed by atoms with Crippen LogP contribution >= 0.6 is 0 Å². The topological polar surface area (TPSA) is 12.5 Å². The lowest BCUT2D eigenvalue weighted by Gasteiger charge is -2.25. The van der Waals surface area contributed by atoms with Crippen LogP contribution in [0.25, 0.3) is 0 Å². The fourth-order valence-corrected chi connectivity index (χ4v) is 1.40. The van der Waals surface area contributed by atoms with Gasteiger partial charge >= 0.3 is 0 Å². The number of methoxy groups -OCH3 is 1. The molecule has 0 aromatic rings. The van der Waals surface area contributed by atoms with Gasteiger partial charge in [0.05, 0.1) is 6.61 Å². The van der Waals surface area contributed by atoms with E-state index in [1.165, 1.54) is 38.8 Å². The van der Waals surface area contributed by atoms with Crippen molar-refractivity contribution >= 4 is 0 Å². The minimum Gasteiger partial charge on any atom is -0.383 e. The summed E-state index contributed by atoms with van der Waals surface area (Å²) in [5, 5.41) is 0. The first-order valence-corrected chi connectivity index (χ1v) is 5.56. The van der Waals surface area contributed by atoms with Crippen LogP contribution < -0.4 is 0 Å². The molecule has 0 radical (unpaired) electrons. The van der Waals surface area contributed by atoms with Gasteiger partial charge in [0.1, 0.15) is 0 Å². The van der Waals surface area contributed by atoms with Gasteiger partial charge in [-0.25, -0.2) is 0 Å². The minimum atomic E-state index is 0.889. The Labute approximate surface area is 83.3 Å². The fourth-order valence-electron chi connectivity index (χ4n) is 1.40. The van der Waals surface area contributed by atoms with Gasteiger partial charge < -0.3 is 9.64 Å². The minimum absolute atomic E-state index is 0.889. The molecule has 0 aliphatic carbocycles. The van der Waals surface area contributed by atoms with Crippen molar-refractivity contribution in [2.45, 2.75) is 39.5 Å². The molecule has 0 aromatic heterocycles. The van der Waals surface area contributed by atoms with Gasteiger partial charge in [-0.05, 0) is 25.9 Å². The van der Waals surface area contributed by atoms with E-state index in [9.17, 15) is 0 Å². The SMILES string of the molecule is CCC.COCCN1CCCCC1. The molecule has 1 saturated heterocycles. The van der Waals surface area contributed by atoms with Gasteiger partial charge in [0.2, 0.25) is 0 Å². The third-order valence-corrected chi connectivity index (χ3v) is 2.06. The Bertz CT molecular complexity index is 90.1. The molecule has 0 aromatic carbocycles. The second kappa shape index (κ2) is 10.0. The molecule has 1 fully saturated rings.